The summed E-state index contributed by atoms with van der Waals surface area (Å²) in [5.74, 6) is 0. The van der Waals surface area contributed by atoms with Crippen LogP contribution < -0.4 is 4.48 Å². The van der Waals surface area contributed by atoms with Crippen molar-refractivity contribution < 1.29 is 0 Å². The molecule has 18 heavy (non-hydrogen) atoms. The quantitative estimate of drug-likeness (QED) is 0.504. The largest absolute Gasteiger partial charge is 0.298 e. The number of benzene rings is 1. The Bertz CT molecular complexity index is 371. The predicted octanol–water partition coefficient (Wildman–Crippen LogP) is 4.74. The van der Waals surface area contributed by atoms with Crippen LogP contribution in [-0.2, 0) is 5.41 Å². The minimum absolute atomic E-state index is 0.275. The molecule has 1 aromatic carbocycles. The van der Waals surface area contributed by atoms with Gasteiger partial charge >= 0.3 is 0 Å². The van der Waals surface area contributed by atoms with Crippen molar-refractivity contribution in [3.8, 4) is 0 Å². The van der Waals surface area contributed by atoms with Crippen molar-refractivity contribution in [3.63, 3.8) is 0 Å². The van der Waals surface area contributed by atoms with Gasteiger partial charge in [0.25, 0.3) is 0 Å². The van der Waals surface area contributed by atoms with E-state index in [2.05, 4.69) is 66.2 Å². The van der Waals surface area contributed by atoms with E-state index in [-0.39, 0.29) is 5.41 Å². The van der Waals surface area contributed by atoms with E-state index in [4.69, 9.17) is 0 Å². The zero-order valence-corrected chi connectivity index (χ0v) is 13.1. The van der Waals surface area contributed by atoms with E-state index in [1.165, 1.54) is 36.9 Å². The second kappa shape index (κ2) is 5.88. The zero-order valence-electron chi connectivity index (χ0n) is 13.1. The molecule has 1 aromatic rings. The molecule has 0 bridgehead atoms. The highest BCUT2D eigenvalue weighted by atomic mass is 15.3. The number of para-hydroxylation sites is 1. The first-order chi connectivity index (χ1) is 8.29. The highest BCUT2D eigenvalue weighted by Crippen LogP contribution is 2.36. The van der Waals surface area contributed by atoms with Gasteiger partial charge in [0.2, 0.25) is 0 Å². The summed E-state index contributed by atoms with van der Waals surface area (Å²) in [6.45, 7) is 7.04. The van der Waals surface area contributed by atoms with Gasteiger partial charge in [0.05, 0.1) is 21.1 Å². The average Bonchev–Trinajstić information content (AvgIpc) is 2.28. The molecular formula is C17H30N+. The number of quaternary nitrogens is 1. The Hall–Kier alpha value is -0.820. The molecule has 0 aliphatic rings. The van der Waals surface area contributed by atoms with Gasteiger partial charge in [-0.05, 0) is 17.9 Å². The summed E-state index contributed by atoms with van der Waals surface area (Å²) in [6, 6.07) is 8.92. The van der Waals surface area contributed by atoms with Crippen LogP contribution >= 0.6 is 0 Å². The van der Waals surface area contributed by atoms with Crippen LogP contribution in [0.15, 0.2) is 24.3 Å². The van der Waals surface area contributed by atoms with Crippen molar-refractivity contribution in [3.05, 3.63) is 29.8 Å². The Morgan fingerprint density at radius 1 is 1.00 bits per heavy atom. The van der Waals surface area contributed by atoms with E-state index < -0.39 is 0 Å². The van der Waals surface area contributed by atoms with Crippen LogP contribution in [0.5, 0.6) is 0 Å². The van der Waals surface area contributed by atoms with Crippen LogP contribution in [0.3, 0.4) is 0 Å². The maximum absolute atomic E-state index is 2.39. The smallest absolute Gasteiger partial charge is 0.135 e. The molecule has 0 atom stereocenters. The molecule has 0 heterocycles. The van der Waals surface area contributed by atoms with E-state index in [9.17, 15) is 0 Å². The standard InChI is InChI=1S/C17H30N/c1-7-8-11-14-17(2,3)15-12-9-10-13-16(15)18(4,5)6/h9-10,12-13H,7-8,11,14H2,1-6H3/q+1. The lowest BCUT2D eigenvalue weighted by molar-refractivity contribution is 0.424. The Labute approximate surface area is 113 Å². The minimum Gasteiger partial charge on any atom is -0.298 e. The monoisotopic (exact) mass is 248 g/mol. The Kier molecular flexibility index (Phi) is 4.98. The summed E-state index contributed by atoms with van der Waals surface area (Å²) < 4.78 is 0.896. The summed E-state index contributed by atoms with van der Waals surface area (Å²) in [5, 5.41) is 0. The van der Waals surface area contributed by atoms with Crippen LogP contribution in [0.2, 0.25) is 0 Å². The Morgan fingerprint density at radius 2 is 1.61 bits per heavy atom. The molecule has 0 amide bonds. The third-order valence-corrected chi connectivity index (χ3v) is 3.76. The van der Waals surface area contributed by atoms with Gasteiger partial charge in [-0.1, -0.05) is 58.2 Å². The van der Waals surface area contributed by atoms with E-state index >= 15 is 0 Å². The van der Waals surface area contributed by atoms with E-state index in [1.807, 2.05) is 0 Å². The predicted molar refractivity (Wildman–Crippen MR) is 83.2 cm³/mol. The second-order valence-electron chi connectivity index (χ2n) is 6.87. The average molecular weight is 248 g/mol. The van der Waals surface area contributed by atoms with Crippen LogP contribution in [0.1, 0.15) is 52.0 Å². The fourth-order valence-electron chi connectivity index (χ4n) is 2.58. The molecule has 1 rings (SSSR count). The molecular weight excluding hydrogens is 218 g/mol. The summed E-state index contributed by atoms with van der Waals surface area (Å²) in [4.78, 5) is 0. The van der Waals surface area contributed by atoms with Crippen molar-refractivity contribution in [1.29, 1.82) is 0 Å². The third kappa shape index (κ3) is 3.84. The van der Waals surface area contributed by atoms with Gasteiger partial charge in [0.1, 0.15) is 5.69 Å². The number of hydrogen-bond acceptors (Lipinski definition) is 0. The summed E-state index contributed by atoms with van der Waals surface area (Å²) in [7, 11) is 6.75. The van der Waals surface area contributed by atoms with Crippen molar-refractivity contribution in [2.24, 2.45) is 0 Å². The van der Waals surface area contributed by atoms with E-state index in [1.54, 1.807) is 0 Å². The molecule has 0 saturated heterocycles. The van der Waals surface area contributed by atoms with Crippen LogP contribution in [-0.4, -0.2) is 21.1 Å². The first-order valence-electron chi connectivity index (χ1n) is 7.20. The first-order valence-corrected chi connectivity index (χ1v) is 7.20. The summed E-state index contributed by atoms with van der Waals surface area (Å²) in [5.41, 5.74) is 3.23. The Morgan fingerprint density at radius 3 is 2.17 bits per heavy atom. The van der Waals surface area contributed by atoms with Crippen molar-refractivity contribution in [2.45, 2.75) is 51.9 Å². The van der Waals surface area contributed by atoms with Gasteiger partial charge in [0.15, 0.2) is 0 Å². The number of rotatable bonds is 6. The molecule has 0 aliphatic heterocycles. The zero-order chi connectivity index (χ0) is 13.8. The number of nitrogens with zero attached hydrogens (tertiary/aromatic N) is 1. The fraction of sp³-hybridized carbons (Fsp3) is 0.647. The molecule has 1 nitrogen and oxygen atoms in total. The highest BCUT2D eigenvalue weighted by Gasteiger charge is 2.28. The summed E-state index contributed by atoms with van der Waals surface area (Å²) in [6.07, 6.45) is 5.25. The van der Waals surface area contributed by atoms with Crippen LogP contribution in [0, 0.1) is 0 Å². The molecule has 0 fully saturated rings. The molecule has 0 N–H and O–H groups in total. The van der Waals surface area contributed by atoms with Crippen molar-refractivity contribution in [2.75, 3.05) is 21.1 Å². The van der Waals surface area contributed by atoms with Gasteiger partial charge in [-0.25, -0.2) is 0 Å². The number of hydrogen-bond donors (Lipinski definition) is 0. The minimum atomic E-state index is 0.275. The lowest BCUT2D eigenvalue weighted by Gasteiger charge is -2.33. The molecule has 0 spiro atoms. The topological polar surface area (TPSA) is 0 Å². The van der Waals surface area contributed by atoms with Gasteiger partial charge in [-0.3, -0.25) is 4.48 Å². The molecule has 0 aliphatic carbocycles. The molecule has 0 saturated carbocycles. The lowest BCUT2D eigenvalue weighted by Crippen LogP contribution is -2.37. The highest BCUT2D eigenvalue weighted by molar-refractivity contribution is 5.52. The molecule has 0 aromatic heterocycles. The van der Waals surface area contributed by atoms with Gasteiger partial charge in [0, 0.05) is 5.56 Å². The molecule has 1 heteroatoms. The SMILES string of the molecule is CCCCCC(C)(C)c1ccccc1[N+](C)(C)C. The maximum atomic E-state index is 2.39. The van der Waals surface area contributed by atoms with Gasteiger partial charge in [-0.2, -0.15) is 0 Å². The third-order valence-electron chi connectivity index (χ3n) is 3.76. The van der Waals surface area contributed by atoms with Crippen LogP contribution in [0.4, 0.5) is 5.69 Å². The van der Waals surface area contributed by atoms with Crippen molar-refractivity contribution >= 4 is 5.69 Å². The normalized spacial score (nSPS) is 12.8. The lowest BCUT2D eigenvalue weighted by atomic mass is 9.78. The molecule has 0 unspecified atom stereocenters. The number of unbranched alkanes of at least 4 members (excludes halogenated alkanes) is 2. The van der Waals surface area contributed by atoms with Crippen LogP contribution in [0.25, 0.3) is 0 Å². The maximum Gasteiger partial charge on any atom is 0.135 e. The van der Waals surface area contributed by atoms with Gasteiger partial charge < -0.3 is 0 Å². The van der Waals surface area contributed by atoms with Gasteiger partial charge in [-0.15, -0.1) is 0 Å². The van der Waals surface area contributed by atoms with E-state index in [0.717, 1.165) is 4.48 Å². The van der Waals surface area contributed by atoms with E-state index in [0.29, 0.717) is 0 Å². The first kappa shape index (κ1) is 15.2. The molecule has 0 radical (unpaired) electrons. The Balaban J connectivity index is 3.00. The summed E-state index contributed by atoms with van der Waals surface area (Å²) >= 11 is 0. The second-order valence-corrected chi connectivity index (χ2v) is 6.87. The fourth-order valence-corrected chi connectivity index (χ4v) is 2.58. The van der Waals surface area contributed by atoms with Crippen molar-refractivity contribution in [1.82, 2.24) is 4.48 Å². The molecule has 102 valence electrons.